The van der Waals surface area contributed by atoms with Crippen molar-refractivity contribution < 1.29 is 19.1 Å². The van der Waals surface area contributed by atoms with Gasteiger partial charge in [-0.05, 0) is 71.7 Å². The monoisotopic (exact) mass is 522 g/mol. The Hall–Kier alpha value is -2.79. The van der Waals surface area contributed by atoms with E-state index in [-0.39, 0.29) is 11.5 Å². The average Bonchev–Trinajstić information content (AvgIpc) is 3.13. The molecule has 0 fully saturated rings. The summed E-state index contributed by atoms with van der Waals surface area (Å²) in [4.78, 5) is 11.1. The van der Waals surface area contributed by atoms with Crippen LogP contribution in [0.1, 0.15) is 23.6 Å². The van der Waals surface area contributed by atoms with Crippen molar-refractivity contribution >= 4 is 27.7 Å². The van der Waals surface area contributed by atoms with Crippen LogP contribution in [0.15, 0.2) is 46.0 Å². The van der Waals surface area contributed by atoms with Crippen molar-refractivity contribution in [1.82, 2.24) is 14.8 Å². The van der Waals surface area contributed by atoms with Crippen molar-refractivity contribution in [2.75, 3.05) is 27.4 Å². The Balaban J connectivity index is 1.99. The van der Waals surface area contributed by atoms with Gasteiger partial charge in [0.25, 0.3) is 0 Å². The van der Waals surface area contributed by atoms with Gasteiger partial charge >= 0.3 is 0 Å². The van der Waals surface area contributed by atoms with E-state index in [2.05, 4.69) is 26.1 Å². The highest BCUT2D eigenvalue weighted by molar-refractivity contribution is 9.10. The Morgan fingerprint density at radius 2 is 1.91 bits per heavy atom. The minimum absolute atomic E-state index is 0.304. The Bertz CT molecular complexity index is 1090. The highest BCUT2D eigenvalue weighted by atomic mass is 79.9. The number of rotatable bonds is 10. The van der Waals surface area contributed by atoms with Gasteiger partial charge < -0.3 is 14.2 Å². The molecule has 1 heterocycles. The van der Waals surface area contributed by atoms with Crippen LogP contribution in [0.25, 0.3) is 5.69 Å². The topological polar surface area (TPSA) is 102 Å². The SMILES string of the molecule is CCOc1ccc(-n2c(C)nnc2S[C@H](C[N+](=O)[O-])c2cc(Br)c(OC)c(OC)c2)cc1. The summed E-state index contributed by atoms with van der Waals surface area (Å²) in [6.07, 6.45) is 0. The minimum Gasteiger partial charge on any atom is -0.494 e. The molecule has 1 atom stereocenters. The molecule has 0 saturated heterocycles. The largest absolute Gasteiger partial charge is 0.494 e. The van der Waals surface area contributed by atoms with Crippen molar-refractivity contribution in [2.45, 2.75) is 24.3 Å². The van der Waals surface area contributed by atoms with Gasteiger partial charge in [-0.1, -0.05) is 11.8 Å². The summed E-state index contributed by atoms with van der Waals surface area (Å²) < 4.78 is 18.8. The first-order valence-corrected chi connectivity index (χ1v) is 11.4. The number of methoxy groups -OCH3 is 2. The fraction of sp³-hybridized carbons (Fsp3) is 0.333. The van der Waals surface area contributed by atoms with Gasteiger partial charge in [-0.3, -0.25) is 14.7 Å². The van der Waals surface area contributed by atoms with E-state index < -0.39 is 5.25 Å². The first kappa shape index (κ1) is 23.9. The molecule has 0 radical (unpaired) electrons. The Kier molecular flexibility index (Phi) is 7.97. The van der Waals surface area contributed by atoms with Crippen molar-refractivity contribution in [3.8, 4) is 22.9 Å². The smallest absolute Gasteiger partial charge is 0.220 e. The van der Waals surface area contributed by atoms with Crippen LogP contribution in [0, 0.1) is 17.0 Å². The molecule has 0 saturated carbocycles. The Morgan fingerprint density at radius 3 is 2.50 bits per heavy atom. The van der Waals surface area contributed by atoms with Crippen molar-refractivity contribution in [3.05, 3.63) is 62.4 Å². The van der Waals surface area contributed by atoms with E-state index in [9.17, 15) is 10.1 Å². The van der Waals surface area contributed by atoms with Gasteiger partial charge in [0, 0.05) is 10.6 Å². The predicted octanol–water partition coefficient (Wildman–Crippen LogP) is 4.86. The molecular weight excluding hydrogens is 500 g/mol. The average molecular weight is 523 g/mol. The molecule has 11 heteroatoms. The predicted molar refractivity (Wildman–Crippen MR) is 125 cm³/mol. The highest BCUT2D eigenvalue weighted by Crippen LogP contribution is 2.43. The third-order valence-electron chi connectivity index (χ3n) is 4.59. The second-order valence-corrected chi connectivity index (χ2v) is 8.68. The van der Waals surface area contributed by atoms with Gasteiger partial charge in [0.1, 0.15) is 16.8 Å². The van der Waals surface area contributed by atoms with E-state index in [1.54, 1.807) is 12.1 Å². The van der Waals surface area contributed by atoms with Gasteiger partial charge in [-0.25, -0.2) is 0 Å². The van der Waals surface area contributed by atoms with Crippen molar-refractivity contribution in [3.63, 3.8) is 0 Å². The van der Waals surface area contributed by atoms with Crippen LogP contribution in [0.5, 0.6) is 17.2 Å². The van der Waals surface area contributed by atoms with E-state index in [0.717, 1.165) is 11.4 Å². The van der Waals surface area contributed by atoms with Crippen LogP contribution in [0.4, 0.5) is 0 Å². The number of nitrogens with zero attached hydrogens (tertiary/aromatic N) is 4. The normalized spacial score (nSPS) is 11.8. The molecule has 170 valence electrons. The van der Waals surface area contributed by atoms with Gasteiger partial charge in [-0.2, -0.15) is 0 Å². The van der Waals surface area contributed by atoms with Gasteiger partial charge in [0.05, 0.1) is 25.3 Å². The molecule has 0 amide bonds. The zero-order valence-electron chi connectivity index (χ0n) is 18.1. The number of hydrogen-bond donors (Lipinski definition) is 0. The second kappa shape index (κ2) is 10.7. The molecule has 0 spiro atoms. The summed E-state index contributed by atoms with van der Waals surface area (Å²) >= 11 is 4.73. The molecule has 3 aromatic rings. The van der Waals surface area contributed by atoms with E-state index in [0.29, 0.717) is 39.1 Å². The highest BCUT2D eigenvalue weighted by Gasteiger charge is 2.26. The lowest BCUT2D eigenvalue weighted by molar-refractivity contribution is -0.479. The molecular formula is C21H23BrN4O5S. The summed E-state index contributed by atoms with van der Waals surface area (Å²) in [5.74, 6) is 2.44. The van der Waals surface area contributed by atoms with Crippen LogP contribution in [-0.2, 0) is 0 Å². The van der Waals surface area contributed by atoms with E-state index in [4.69, 9.17) is 14.2 Å². The summed E-state index contributed by atoms with van der Waals surface area (Å²) in [5, 5.41) is 19.9. The fourth-order valence-electron chi connectivity index (χ4n) is 3.17. The Labute approximate surface area is 198 Å². The summed E-state index contributed by atoms with van der Waals surface area (Å²) in [5.41, 5.74) is 1.54. The zero-order valence-corrected chi connectivity index (χ0v) is 20.5. The fourth-order valence-corrected chi connectivity index (χ4v) is 4.95. The molecule has 0 aliphatic carbocycles. The number of aromatic nitrogens is 3. The van der Waals surface area contributed by atoms with E-state index >= 15 is 0 Å². The molecule has 1 aromatic heterocycles. The quantitative estimate of drug-likeness (QED) is 0.211. The standard InChI is InChI=1S/C21H23BrN4O5S/c1-5-31-16-8-6-15(7-9-16)26-13(2)23-24-21(26)32-19(12-25(27)28)14-10-17(22)20(30-4)18(11-14)29-3/h6-11,19H,5,12H2,1-4H3/t19-/m1/s1. The van der Waals surface area contributed by atoms with Gasteiger partial charge in [0.2, 0.25) is 6.54 Å². The maximum atomic E-state index is 11.5. The van der Waals surface area contributed by atoms with Gasteiger partial charge in [0.15, 0.2) is 16.7 Å². The lowest BCUT2D eigenvalue weighted by Gasteiger charge is -2.17. The maximum absolute atomic E-state index is 11.5. The number of aryl methyl sites for hydroxylation is 1. The molecule has 9 nitrogen and oxygen atoms in total. The number of hydrogen-bond acceptors (Lipinski definition) is 8. The first-order chi connectivity index (χ1) is 15.4. The van der Waals surface area contributed by atoms with Crippen molar-refractivity contribution in [1.29, 1.82) is 0 Å². The van der Waals surface area contributed by atoms with E-state index in [1.165, 1.54) is 26.0 Å². The zero-order chi connectivity index (χ0) is 23.3. The molecule has 0 N–H and O–H groups in total. The van der Waals surface area contributed by atoms with Crippen LogP contribution >= 0.6 is 27.7 Å². The molecule has 32 heavy (non-hydrogen) atoms. The number of nitro groups is 1. The summed E-state index contributed by atoms with van der Waals surface area (Å²) in [7, 11) is 3.06. The molecule has 0 aliphatic heterocycles. The van der Waals surface area contributed by atoms with Crippen LogP contribution in [0.3, 0.4) is 0 Å². The molecule has 2 aromatic carbocycles. The first-order valence-electron chi connectivity index (χ1n) is 9.73. The summed E-state index contributed by atoms with van der Waals surface area (Å²) in [6.45, 7) is 4.04. The lowest BCUT2D eigenvalue weighted by Crippen LogP contribution is -2.11. The van der Waals surface area contributed by atoms with Gasteiger partial charge in [-0.15, -0.1) is 10.2 Å². The minimum atomic E-state index is -0.536. The molecule has 0 bridgehead atoms. The van der Waals surface area contributed by atoms with Crippen molar-refractivity contribution in [2.24, 2.45) is 0 Å². The number of thioether (sulfide) groups is 1. The summed E-state index contributed by atoms with van der Waals surface area (Å²) in [6, 6.07) is 11.1. The molecule has 0 aliphatic rings. The van der Waals surface area contributed by atoms with Crippen LogP contribution < -0.4 is 14.2 Å². The molecule has 3 rings (SSSR count). The Morgan fingerprint density at radius 1 is 1.19 bits per heavy atom. The van der Waals surface area contributed by atoms with Crippen LogP contribution in [0.2, 0.25) is 0 Å². The second-order valence-electron chi connectivity index (χ2n) is 6.65. The maximum Gasteiger partial charge on any atom is 0.220 e. The number of halogens is 1. The number of ether oxygens (including phenoxy) is 3. The number of benzene rings is 2. The van der Waals surface area contributed by atoms with Crippen LogP contribution in [-0.4, -0.2) is 47.1 Å². The third-order valence-corrected chi connectivity index (χ3v) is 6.36. The molecule has 0 unspecified atom stereocenters. The third kappa shape index (κ3) is 5.33. The van der Waals surface area contributed by atoms with E-state index in [1.807, 2.05) is 42.7 Å². The lowest BCUT2D eigenvalue weighted by atomic mass is 10.1.